The highest BCUT2D eigenvalue weighted by molar-refractivity contribution is 9.12. The van der Waals surface area contributed by atoms with E-state index in [9.17, 15) is 22.4 Å². The molecule has 92 valence electrons. The van der Waals surface area contributed by atoms with Crippen LogP contribution in [0, 0.1) is 5.82 Å². The Kier molecular flexibility index (Phi) is 4.28. The lowest BCUT2D eigenvalue weighted by molar-refractivity contribution is -0.165. The van der Waals surface area contributed by atoms with Gasteiger partial charge in [0.2, 0.25) is 0 Å². The number of ketones is 1. The van der Waals surface area contributed by atoms with Crippen molar-refractivity contribution in [3.8, 4) is 0 Å². The molecule has 0 heterocycles. The van der Waals surface area contributed by atoms with Crippen LogP contribution in [0.25, 0.3) is 0 Å². The van der Waals surface area contributed by atoms with E-state index in [1.54, 1.807) is 0 Å². The van der Waals surface area contributed by atoms with E-state index in [1.807, 2.05) is 0 Å². The summed E-state index contributed by atoms with van der Waals surface area (Å²) in [6, 6.07) is 4.92. The lowest BCUT2D eigenvalue weighted by Crippen LogP contribution is -2.22. The zero-order valence-electron chi connectivity index (χ0n) is 8.18. The Morgan fingerprint density at radius 1 is 1.24 bits per heavy atom. The average molecular weight is 312 g/mol. The predicted molar refractivity (Wildman–Crippen MR) is 58.1 cm³/mol. The van der Waals surface area contributed by atoms with Crippen molar-refractivity contribution in [1.82, 2.24) is 0 Å². The van der Waals surface area contributed by atoms with Crippen LogP contribution in [-0.2, 0) is 4.79 Å². The second-order valence-electron chi connectivity index (χ2n) is 2.97. The van der Waals surface area contributed by atoms with Gasteiger partial charge in [0.05, 0.1) is 4.48 Å². The fourth-order valence-electron chi connectivity index (χ4n) is 0.894. The van der Waals surface area contributed by atoms with Crippen LogP contribution in [0.3, 0.4) is 0 Å². The van der Waals surface area contributed by atoms with Crippen molar-refractivity contribution < 1.29 is 22.4 Å². The van der Waals surface area contributed by atoms with Gasteiger partial charge in [-0.05, 0) is 40.2 Å². The molecule has 1 rings (SSSR count). The molecule has 0 radical (unpaired) electrons. The average Bonchev–Trinajstić information content (AvgIpc) is 2.25. The molecule has 0 aliphatic carbocycles. The molecule has 7 heteroatoms. The Bertz CT molecular complexity index is 439. The van der Waals surface area contributed by atoms with Crippen molar-refractivity contribution in [3.63, 3.8) is 0 Å². The number of Topliss-reactive ketones (excluding diaryl/α,β-unsaturated/α-hetero) is 1. The molecule has 0 amide bonds. The van der Waals surface area contributed by atoms with Gasteiger partial charge >= 0.3 is 6.18 Å². The molecule has 2 nitrogen and oxygen atoms in total. The molecule has 0 bridgehead atoms. The maximum absolute atomic E-state index is 12.5. The van der Waals surface area contributed by atoms with E-state index in [2.05, 4.69) is 21.2 Å². The van der Waals surface area contributed by atoms with Crippen molar-refractivity contribution in [3.05, 3.63) is 40.8 Å². The molecule has 0 aromatic heterocycles. The molecule has 0 aliphatic rings. The monoisotopic (exact) mass is 311 g/mol. The van der Waals surface area contributed by atoms with Crippen molar-refractivity contribution in [2.24, 2.45) is 0 Å². The van der Waals surface area contributed by atoms with Gasteiger partial charge in [0.25, 0.3) is 5.78 Å². The maximum Gasteiger partial charge on any atom is 0.455 e. The summed E-state index contributed by atoms with van der Waals surface area (Å²) >= 11 is 2.51. The number of hydrogen-bond donors (Lipinski definition) is 1. The number of benzene rings is 1. The molecule has 1 aromatic carbocycles. The van der Waals surface area contributed by atoms with E-state index < -0.39 is 22.3 Å². The van der Waals surface area contributed by atoms with Gasteiger partial charge in [0.1, 0.15) is 5.82 Å². The number of rotatable bonds is 3. The van der Waals surface area contributed by atoms with Crippen LogP contribution >= 0.6 is 15.9 Å². The number of anilines is 1. The van der Waals surface area contributed by atoms with Crippen LogP contribution in [0.2, 0.25) is 0 Å². The van der Waals surface area contributed by atoms with Gasteiger partial charge in [-0.3, -0.25) is 4.79 Å². The molecule has 0 saturated heterocycles. The number of hydrogen-bond acceptors (Lipinski definition) is 2. The van der Waals surface area contributed by atoms with Gasteiger partial charge in [-0.2, -0.15) is 13.2 Å². The van der Waals surface area contributed by atoms with Crippen LogP contribution < -0.4 is 5.32 Å². The van der Waals surface area contributed by atoms with Crippen LogP contribution in [0.4, 0.5) is 23.2 Å². The van der Waals surface area contributed by atoms with Gasteiger partial charge in [0.15, 0.2) is 0 Å². The molecule has 17 heavy (non-hydrogen) atoms. The fourth-order valence-corrected chi connectivity index (χ4v) is 1.23. The molecule has 0 saturated carbocycles. The Hall–Kier alpha value is -1.37. The summed E-state index contributed by atoms with van der Waals surface area (Å²) in [6.07, 6.45) is -4.08. The van der Waals surface area contributed by atoms with Crippen LogP contribution in [0.15, 0.2) is 34.9 Å². The minimum Gasteiger partial charge on any atom is -0.360 e. The maximum atomic E-state index is 12.5. The number of carbonyl (C=O) groups is 1. The largest absolute Gasteiger partial charge is 0.455 e. The van der Waals surface area contributed by atoms with Crippen molar-refractivity contribution in [2.75, 3.05) is 5.32 Å². The third kappa shape index (κ3) is 4.18. The zero-order valence-corrected chi connectivity index (χ0v) is 9.77. The summed E-state index contributed by atoms with van der Waals surface area (Å²) < 4.78 is 47.8. The van der Waals surface area contributed by atoms with Gasteiger partial charge in [-0.15, -0.1) is 0 Å². The van der Waals surface area contributed by atoms with Crippen molar-refractivity contribution in [2.45, 2.75) is 6.18 Å². The van der Waals surface area contributed by atoms with Gasteiger partial charge in [-0.25, -0.2) is 4.39 Å². The highest BCUT2D eigenvalue weighted by Crippen LogP contribution is 2.23. The smallest absolute Gasteiger partial charge is 0.360 e. The van der Waals surface area contributed by atoms with E-state index in [1.165, 1.54) is 12.1 Å². The molecular formula is C10H6BrF4NO. The van der Waals surface area contributed by atoms with Crippen molar-refractivity contribution in [1.29, 1.82) is 0 Å². The van der Waals surface area contributed by atoms with E-state index in [0.717, 1.165) is 18.3 Å². The quantitative estimate of drug-likeness (QED) is 0.682. The molecule has 0 unspecified atom stereocenters. The summed E-state index contributed by atoms with van der Waals surface area (Å²) in [7, 11) is 0. The second kappa shape index (κ2) is 5.31. The third-order valence-electron chi connectivity index (χ3n) is 1.68. The van der Waals surface area contributed by atoms with Crippen LogP contribution in [0.1, 0.15) is 0 Å². The van der Waals surface area contributed by atoms with Gasteiger partial charge in [-0.1, -0.05) is 0 Å². The Balaban J connectivity index is 2.71. The highest BCUT2D eigenvalue weighted by Gasteiger charge is 2.39. The third-order valence-corrected chi connectivity index (χ3v) is 2.27. The summed E-state index contributed by atoms with van der Waals surface area (Å²) in [5.41, 5.74) is 0.360. The molecule has 1 N–H and O–H groups in total. The molecule has 0 aliphatic heterocycles. The van der Waals surface area contributed by atoms with Crippen LogP contribution in [-0.4, -0.2) is 12.0 Å². The number of carbonyl (C=O) groups excluding carboxylic acids is 1. The number of halogens is 5. The molecule has 0 atom stereocenters. The van der Waals surface area contributed by atoms with Gasteiger partial charge < -0.3 is 5.32 Å². The van der Waals surface area contributed by atoms with E-state index in [-0.39, 0.29) is 0 Å². The summed E-state index contributed by atoms with van der Waals surface area (Å²) in [6.45, 7) is 0. The molecular weight excluding hydrogens is 306 g/mol. The topological polar surface area (TPSA) is 29.1 Å². The van der Waals surface area contributed by atoms with E-state index in [4.69, 9.17) is 0 Å². The Labute approximate surface area is 102 Å². The van der Waals surface area contributed by atoms with Crippen LogP contribution in [0.5, 0.6) is 0 Å². The lowest BCUT2D eigenvalue weighted by atomic mass is 10.3. The molecule has 1 aromatic rings. The number of nitrogens with one attached hydrogen (secondary N) is 1. The zero-order chi connectivity index (χ0) is 13.1. The predicted octanol–water partition coefficient (Wildman–Crippen LogP) is 3.61. The minimum absolute atomic E-state index is 0.360. The molecule has 0 fully saturated rings. The minimum atomic E-state index is -4.93. The number of alkyl halides is 3. The first-order valence-corrected chi connectivity index (χ1v) is 5.09. The van der Waals surface area contributed by atoms with Crippen molar-refractivity contribution >= 4 is 27.4 Å². The Morgan fingerprint density at radius 3 is 2.24 bits per heavy atom. The summed E-state index contributed by atoms with van der Waals surface area (Å²) in [4.78, 5) is 10.7. The summed E-state index contributed by atoms with van der Waals surface area (Å²) in [5.74, 6) is -2.46. The molecule has 0 spiro atoms. The lowest BCUT2D eigenvalue weighted by Gasteiger charge is -2.05. The van der Waals surface area contributed by atoms with E-state index >= 15 is 0 Å². The first kappa shape index (κ1) is 13.7. The SMILES string of the molecule is O=C(/C(Br)=C\Nc1ccc(F)cc1)C(F)(F)F. The number of allylic oxidation sites excluding steroid dienone is 1. The second-order valence-corrected chi connectivity index (χ2v) is 3.82. The first-order valence-electron chi connectivity index (χ1n) is 4.30. The van der Waals surface area contributed by atoms with E-state index in [0.29, 0.717) is 5.69 Å². The highest BCUT2D eigenvalue weighted by atomic mass is 79.9. The first-order chi connectivity index (χ1) is 7.80. The van der Waals surface area contributed by atoms with Gasteiger partial charge in [0, 0.05) is 11.9 Å². The standard InChI is InChI=1S/C10H6BrF4NO/c11-8(9(17)10(13,14)15)5-16-7-3-1-6(12)2-4-7/h1-5,16H/b8-5+. The Morgan fingerprint density at radius 2 is 1.76 bits per heavy atom. The normalized spacial score (nSPS) is 12.4. The summed E-state index contributed by atoms with van der Waals surface area (Å²) in [5, 5.41) is 2.43. The fraction of sp³-hybridized carbons (Fsp3) is 0.100.